The molecule has 0 aliphatic carbocycles. The van der Waals surface area contributed by atoms with E-state index < -0.39 is 18.3 Å². The van der Waals surface area contributed by atoms with Crippen molar-refractivity contribution in [2.24, 2.45) is 0 Å². The van der Waals surface area contributed by atoms with Crippen LogP contribution in [-0.2, 0) is 0 Å². The lowest BCUT2D eigenvalue weighted by Gasteiger charge is -2.33. The van der Waals surface area contributed by atoms with Gasteiger partial charge in [0.05, 0.1) is 26.0 Å². The van der Waals surface area contributed by atoms with Crippen molar-refractivity contribution in [3.63, 3.8) is 0 Å². The molecule has 2 aliphatic rings. The molecule has 0 radical (unpaired) electrons. The zero-order valence-electron chi connectivity index (χ0n) is 16.9. The number of nitrogens with zero attached hydrogens (tertiary/aromatic N) is 2. The predicted molar refractivity (Wildman–Crippen MR) is 108 cm³/mol. The number of alkyl halides is 3. The standard InChI is InChI=1S/C21H25F3N4O2/c1-29-17-6-5-14(10-18(17)30-2)15-11-19(21(22,23)24)28-20(26-15)12-16(27-28)13-4-3-8-25-9-7-13/h4-6,10,12,15,19,25-26H,3,7-9,11H2,1-2H3/t15-,19+/m1/s1. The number of rotatable bonds is 4. The molecule has 9 heteroatoms. The summed E-state index contributed by atoms with van der Waals surface area (Å²) >= 11 is 0. The lowest BCUT2D eigenvalue weighted by atomic mass is 9.96. The minimum atomic E-state index is -4.41. The van der Waals surface area contributed by atoms with Crippen LogP contribution in [0.4, 0.5) is 19.0 Å². The Hall–Kier alpha value is -2.68. The average Bonchev–Trinajstić information content (AvgIpc) is 2.97. The first-order chi connectivity index (χ1) is 14.4. The number of hydrogen-bond donors (Lipinski definition) is 2. The quantitative estimate of drug-likeness (QED) is 0.768. The van der Waals surface area contributed by atoms with Gasteiger partial charge in [0.1, 0.15) is 5.82 Å². The number of aromatic nitrogens is 2. The van der Waals surface area contributed by atoms with E-state index in [1.54, 1.807) is 24.3 Å². The highest BCUT2D eigenvalue weighted by atomic mass is 19.4. The van der Waals surface area contributed by atoms with E-state index in [-0.39, 0.29) is 6.42 Å². The summed E-state index contributed by atoms with van der Waals surface area (Å²) in [6.45, 7) is 1.65. The molecule has 162 valence electrons. The number of nitrogens with one attached hydrogen (secondary N) is 2. The Bertz CT molecular complexity index is 939. The van der Waals surface area contributed by atoms with Crippen molar-refractivity contribution in [2.45, 2.75) is 37.5 Å². The molecule has 0 fully saturated rings. The summed E-state index contributed by atoms with van der Waals surface area (Å²) in [6.07, 6.45) is -0.932. The first-order valence-corrected chi connectivity index (χ1v) is 9.95. The summed E-state index contributed by atoms with van der Waals surface area (Å²) in [7, 11) is 3.03. The van der Waals surface area contributed by atoms with Crippen LogP contribution in [0.1, 0.15) is 42.6 Å². The third-order valence-electron chi connectivity index (χ3n) is 5.61. The third kappa shape index (κ3) is 3.98. The van der Waals surface area contributed by atoms with Crippen LogP contribution in [0.3, 0.4) is 0 Å². The summed E-state index contributed by atoms with van der Waals surface area (Å²) in [4.78, 5) is 0. The second-order valence-corrected chi connectivity index (χ2v) is 7.48. The Kier molecular flexibility index (Phi) is 5.64. The van der Waals surface area contributed by atoms with Crippen LogP contribution in [0, 0.1) is 0 Å². The van der Waals surface area contributed by atoms with Gasteiger partial charge in [0, 0.05) is 12.5 Å². The maximum absolute atomic E-state index is 13.9. The van der Waals surface area contributed by atoms with E-state index in [9.17, 15) is 13.2 Å². The third-order valence-corrected chi connectivity index (χ3v) is 5.61. The van der Waals surface area contributed by atoms with Gasteiger partial charge in [-0.15, -0.1) is 0 Å². The minimum Gasteiger partial charge on any atom is -0.493 e. The van der Waals surface area contributed by atoms with Crippen LogP contribution >= 0.6 is 0 Å². The van der Waals surface area contributed by atoms with Crippen LogP contribution in [0.15, 0.2) is 30.3 Å². The lowest BCUT2D eigenvalue weighted by molar-refractivity contribution is -0.173. The van der Waals surface area contributed by atoms with Crippen molar-refractivity contribution in [1.82, 2.24) is 15.1 Å². The summed E-state index contributed by atoms with van der Waals surface area (Å²) < 4.78 is 53.4. The zero-order chi connectivity index (χ0) is 21.3. The SMILES string of the molecule is COc1ccc([C@H]2C[C@@H](C(F)(F)F)n3nc(C4=CCCNCC4)cc3N2)cc1OC. The second kappa shape index (κ2) is 8.22. The summed E-state index contributed by atoms with van der Waals surface area (Å²) in [5.41, 5.74) is 2.28. The van der Waals surface area contributed by atoms with Crippen LogP contribution in [0.2, 0.25) is 0 Å². The van der Waals surface area contributed by atoms with Crippen molar-refractivity contribution in [1.29, 1.82) is 0 Å². The zero-order valence-corrected chi connectivity index (χ0v) is 16.9. The van der Waals surface area contributed by atoms with E-state index in [0.29, 0.717) is 28.6 Å². The predicted octanol–water partition coefficient (Wildman–Crippen LogP) is 4.33. The summed E-state index contributed by atoms with van der Waals surface area (Å²) in [5, 5.41) is 10.9. The molecule has 4 rings (SSSR count). The number of fused-ring (bicyclic) bond motifs is 1. The Balaban J connectivity index is 1.70. The topological polar surface area (TPSA) is 60.3 Å². The second-order valence-electron chi connectivity index (χ2n) is 7.48. The molecule has 0 bridgehead atoms. The first-order valence-electron chi connectivity index (χ1n) is 9.95. The monoisotopic (exact) mass is 422 g/mol. The molecule has 0 spiro atoms. The number of ether oxygens (including phenoxy) is 2. The van der Waals surface area contributed by atoms with Crippen LogP contribution < -0.4 is 20.1 Å². The molecule has 3 heterocycles. The highest BCUT2D eigenvalue weighted by Crippen LogP contribution is 2.45. The van der Waals surface area contributed by atoms with Gasteiger partial charge in [0.2, 0.25) is 0 Å². The van der Waals surface area contributed by atoms with Gasteiger partial charge in [-0.25, -0.2) is 4.68 Å². The number of anilines is 1. The van der Waals surface area contributed by atoms with E-state index in [1.165, 1.54) is 14.2 Å². The molecule has 1 aromatic heterocycles. The van der Waals surface area contributed by atoms with E-state index in [1.807, 2.05) is 0 Å². The lowest BCUT2D eigenvalue weighted by Crippen LogP contribution is -2.35. The largest absolute Gasteiger partial charge is 0.493 e. The van der Waals surface area contributed by atoms with Gasteiger partial charge in [-0.05, 0) is 49.2 Å². The van der Waals surface area contributed by atoms with E-state index in [4.69, 9.17) is 9.47 Å². The molecule has 2 N–H and O–H groups in total. The van der Waals surface area contributed by atoms with Crippen molar-refractivity contribution in [2.75, 3.05) is 32.6 Å². The van der Waals surface area contributed by atoms with Crippen molar-refractivity contribution < 1.29 is 22.6 Å². The van der Waals surface area contributed by atoms with Gasteiger partial charge >= 0.3 is 6.18 Å². The Morgan fingerprint density at radius 1 is 1.10 bits per heavy atom. The normalized spacial score (nSPS) is 21.8. The molecular formula is C21H25F3N4O2. The fourth-order valence-electron chi connectivity index (χ4n) is 4.05. The van der Waals surface area contributed by atoms with Crippen LogP contribution in [-0.4, -0.2) is 43.3 Å². The fourth-order valence-corrected chi connectivity index (χ4v) is 4.05. The van der Waals surface area contributed by atoms with Crippen LogP contribution in [0.25, 0.3) is 5.57 Å². The molecule has 0 saturated carbocycles. The maximum Gasteiger partial charge on any atom is 0.410 e. The number of halogens is 3. The van der Waals surface area contributed by atoms with Gasteiger partial charge < -0.3 is 20.1 Å². The molecular weight excluding hydrogens is 397 g/mol. The summed E-state index contributed by atoms with van der Waals surface area (Å²) in [5.74, 6) is 1.39. The van der Waals surface area contributed by atoms with E-state index in [2.05, 4.69) is 21.8 Å². The van der Waals surface area contributed by atoms with Crippen LogP contribution in [0.5, 0.6) is 11.5 Å². The Labute approximate surface area is 173 Å². The molecule has 1 aromatic carbocycles. The fraction of sp³-hybridized carbons (Fsp3) is 0.476. The molecule has 0 saturated heterocycles. The highest BCUT2D eigenvalue weighted by Gasteiger charge is 2.46. The van der Waals surface area contributed by atoms with E-state index >= 15 is 0 Å². The van der Waals surface area contributed by atoms with Gasteiger partial charge in [-0.2, -0.15) is 18.3 Å². The number of methoxy groups -OCH3 is 2. The molecule has 2 atom stereocenters. The minimum absolute atomic E-state index is 0.159. The molecule has 2 aliphatic heterocycles. The number of benzene rings is 1. The number of hydrogen-bond acceptors (Lipinski definition) is 5. The van der Waals surface area contributed by atoms with Gasteiger partial charge in [-0.1, -0.05) is 12.1 Å². The molecule has 0 unspecified atom stereocenters. The van der Waals surface area contributed by atoms with Crippen molar-refractivity contribution in [3.8, 4) is 11.5 Å². The summed E-state index contributed by atoms with van der Waals surface area (Å²) in [6, 6.07) is 4.68. The van der Waals surface area contributed by atoms with E-state index in [0.717, 1.165) is 36.2 Å². The molecule has 2 aromatic rings. The molecule has 30 heavy (non-hydrogen) atoms. The van der Waals surface area contributed by atoms with Crippen molar-refractivity contribution >= 4 is 11.4 Å². The van der Waals surface area contributed by atoms with Gasteiger partial charge in [0.25, 0.3) is 0 Å². The highest BCUT2D eigenvalue weighted by molar-refractivity contribution is 5.66. The van der Waals surface area contributed by atoms with Crippen molar-refractivity contribution in [3.05, 3.63) is 41.6 Å². The smallest absolute Gasteiger partial charge is 0.410 e. The maximum atomic E-state index is 13.9. The molecule has 6 nitrogen and oxygen atoms in total. The van der Waals surface area contributed by atoms with Gasteiger partial charge in [-0.3, -0.25) is 0 Å². The van der Waals surface area contributed by atoms with Gasteiger partial charge in [0.15, 0.2) is 17.5 Å². The Morgan fingerprint density at radius 3 is 2.63 bits per heavy atom. The average molecular weight is 422 g/mol. The Morgan fingerprint density at radius 2 is 1.90 bits per heavy atom. The molecule has 0 amide bonds. The first kappa shape index (κ1) is 20.6.